The predicted octanol–water partition coefficient (Wildman–Crippen LogP) is 2.79. The van der Waals surface area contributed by atoms with Gasteiger partial charge in [-0.05, 0) is 39.7 Å². The van der Waals surface area contributed by atoms with Gasteiger partial charge in [0.15, 0.2) is 5.69 Å². The van der Waals surface area contributed by atoms with Gasteiger partial charge in [0, 0.05) is 31.7 Å². The van der Waals surface area contributed by atoms with E-state index in [1.165, 1.54) is 0 Å². The lowest BCUT2D eigenvalue weighted by molar-refractivity contribution is -0.145. The van der Waals surface area contributed by atoms with Crippen molar-refractivity contribution in [3.05, 3.63) is 17.5 Å². The Bertz CT molecular complexity index is 611. The molecule has 8 heteroatoms. The fourth-order valence-corrected chi connectivity index (χ4v) is 3.75. The molecule has 1 aromatic heterocycles. The van der Waals surface area contributed by atoms with Gasteiger partial charge in [0.25, 0.3) is 5.91 Å². The predicted molar refractivity (Wildman–Crippen MR) is 82.7 cm³/mol. The van der Waals surface area contributed by atoms with E-state index in [9.17, 15) is 18.0 Å². The molecular formula is C16H23F3N4O. The molecule has 0 unspecified atom stereocenters. The number of alkyl halides is 3. The monoisotopic (exact) mass is 344 g/mol. The van der Waals surface area contributed by atoms with Gasteiger partial charge in [-0.15, -0.1) is 0 Å². The highest BCUT2D eigenvalue weighted by Gasteiger charge is 2.42. The number of carbonyl (C=O) groups is 1. The molecule has 0 aromatic carbocycles. The van der Waals surface area contributed by atoms with Crippen LogP contribution in [0.15, 0.2) is 6.20 Å². The summed E-state index contributed by atoms with van der Waals surface area (Å²) in [7, 11) is 0. The summed E-state index contributed by atoms with van der Waals surface area (Å²) in [6.45, 7) is 6.17. The first-order valence-corrected chi connectivity index (χ1v) is 8.47. The Morgan fingerprint density at radius 1 is 1.25 bits per heavy atom. The van der Waals surface area contributed by atoms with Crippen molar-refractivity contribution in [2.75, 3.05) is 26.2 Å². The van der Waals surface area contributed by atoms with E-state index < -0.39 is 23.8 Å². The van der Waals surface area contributed by atoms with Gasteiger partial charge >= 0.3 is 6.18 Å². The molecule has 2 saturated heterocycles. The summed E-state index contributed by atoms with van der Waals surface area (Å²) < 4.78 is 41.4. The Hall–Kier alpha value is -1.57. The van der Waals surface area contributed by atoms with Gasteiger partial charge in [-0.1, -0.05) is 0 Å². The van der Waals surface area contributed by atoms with Gasteiger partial charge in [0.05, 0.1) is 11.8 Å². The van der Waals surface area contributed by atoms with E-state index in [-0.39, 0.29) is 11.6 Å². The average molecular weight is 344 g/mol. The van der Waals surface area contributed by atoms with Crippen LogP contribution < -0.4 is 0 Å². The van der Waals surface area contributed by atoms with Gasteiger partial charge < -0.3 is 4.90 Å². The SMILES string of the molecule is CC(C)n1ncc(C(=O)N2CCCN3CCC[C@H]3C2)c1C(F)(F)F. The van der Waals surface area contributed by atoms with Gasteiger partial charge in [-0.3, -0.25) is 14.4 Å². The van der Waals surface area contributed by atoms with E-state index in [1.807, 2.05) is 0 Å². The number of halogens is 3. The van der Waals surface area contributed by atoms with Crippen LogP contribution in [-0.4, -0.2) is 57.7 Å². The Morgan fingerprint density at radius 3 is 2.62 bits per heavy atom. The fraction of sp³-hybridized carbons (Fsp3) is 0.750. The third-order valence-corrected chi connectivity index (χ3v) is 4.87. The van der Waals surface area contributed by atoms with Crippen LogP contribution in [0.25, 0.3) is 0 Å². The zero-order valence-electron chi connectivity index (χ0n) is 14.0. The van der Waals surface area contributed by atoms with Crippen LogP contribution in [0.3, 0.4) is 0 Å². The van der Waals surface area contributed by atoms with Crippen molar-refractivity contribution in [2.24, 2.45) is 0 Å². The summed E-state index contributed by atoms with van der Waals surface area (Å²) in [6.07, 6.45) is -0.645. The van der Waals surface area contributed by atoms with Crippen LogP contribution in [-0.2, 0) is 6.18 Å². The van der Waals surface area contributed by atoms with E-state index in [0.29, 0.717) is 13.1 Å². The Morgan fingerprint density at radius 2 is 1.96 bits per heavy atom. The molecule has 5 nitrogen and oxygen atoms in total. The summed E-state index contributed by atoms with van der Waals surface area (Å²) in [5, 5.41) is 3.83. The number of hydrogen-bond donors (Lipinski definition) is 0. The first kappa shape index (κ1) is 17.3. The normalized spacial score (nSPS) is 22.8. The molecule has 0 radical (unpaired) electrons. The summed E-state index contributed by atoms with van der Waals surface area (Å²) in [5.74, 6) is -0.553. The molecule has 2 fully saturated rings. The molecule has 0 spiro atoms. The minimum atomic E-state index is -4.60. The molecule has 0 N–H and O–H groups in total. The van der Waals surface area contributed by atoms with Crippen molar-refractivity contribution in [1.82, 2.24) is 19.6 Å². The molecule has 1 atom stereocenters. The second-order valence-corrected chi connectivity index (χ2v) is 6.88. The van der Waals surface area contributed by atoms with Crippen molar-refractivity contribution in [1.29, 1.82) is 0 Å². The van der Waals surface area contributed by atoms with Crippen LogP contribution in [0.4, 0.5) is 13.2 Å². The van der Waals surface area contributed by atoms with Crippen LogP contribution in [0.5, 0.6) is 0 Å². The van der Waals surface area contributed by atoms with Gasteiger partial charge in [-0.2, -0.15) is 18.3 Å². The number of aromatic nitrogens is 2. The zero-order chi connectivity index (χ0) is 17.5. The number of fused-ring (bicyclic) bond motifs is 1. The van der Waals surface area contributed by atoms with Gasteiger partial charge in [0.1, 0.15) is 0 Å². The highest BCUT2D eigenvalue weighted by atomic mass is 19.4. The first-order valence-electron chi connectivity index (χ1n) is 8.47. The summed E-state index contributed by atoms with van der Waals surface area (Å²) >= 11 is 0. The van der Waals surface area contributed by atoms with E-state index in [1.54, 1.807) is 18.7 Å². The van der Waals surface area contributed by atoms with Gasteiger partial charge in [-0.25, -0.2) is 0 Å². The first-order chi connectivity index (χ1) is 11.3. The molecule has 3 rings (SSSR count). The van der Waals surface area contributed by atoms with Gasteiger partial charge in [0.2, 0.25) is 0 Å². The van der Waals surface area contributed by atoms with Crippen LogP contribution in [0.1, 0.15) is 55.2 Å². The molecule has 24 heavy (non-hydrogen) atoms. The van der Waals surface area contributed by atoms with Crippen LogP contribution in [0, 0.1) is 0 Å². The minimum Gasteiger partial charge on any atom is -0.337 e. The maximum absolute atomic E-state index is 13.5. The van der Waals surface area contributed by atoms with Crippen LogP contribution >= 0.6 is 0 Å². The zero-order valence-corrected chi connectivity index (χ0v) is 14.0. The molecule has 3 heterocycles. The molecule has 134 valence electrons. The average Bonchev–Trinajstić information content (AvgIpc) is 3.08. The van der Waals surface area contributed by atoms with Crippen molar-refractivity contribution in [2.45, 2.75) is 51.4 Å². The smallest absolute Gasteiger partial charge is 0.337 e. The number of hydrogen-bond acceptors (Lipinski definition) is 3. The van der Waals surface area contributed by atoms with E-state index in [2.05, 4.69) is 10.00 Å². The second-order valence-electron chi connectivity index (χ2n) is 6.88. The lowest BCUT2D eigenvalue weighted by atomic mass is 10.1. The minimum absolute atomic E-state index is 0.269. The largest absolute Gasteiger partial charge is 0.433 e. The summed E-state index contributed by atoms with van der Waals surface area (Å²) in [4.78, 5) is 16.7. The summed E-state index contributed by atoms with van der Waals surface area (Å²) in [6, 6.07) is -0.191. The quantitative estimate of drug-likeness (QED) is 0.828. The molecule has 0 saturated carbocycles. The molecule has 1 amide bonds. The van der Waals surface area contributed by atoms with E-state index in [4.69, 9.17) is 0 Å². The summed E-state index contributed by atoms with van der Waals surface area (Å²) in [5.41, 5.74) is -1.27. The van der Waals surface area contributed by atoms with Crippen molar-refractivity contribution < 1.29 is 18.0 Å². The molecule has 2 aliphatic rings. The molecule has 1 aromatic rings. The number of amides is 1. The fourth-order valence-electron chi connectivity index (χ4n) is 3.75. The maximum atomic E-state index is 13.5. The van der Waals surface area contributed by atoms with E-state index in [0.717, 1.165) is 43.2 Å². The highest BCUT2D eigenvalue weighted by molar-refractivity contribution is 5.95. The van der Waals surface area contributed by atoms with Crippen molar-refractivity contribution >= 4 is 5.91 Å². The lowest BCUT2D eigenvalue weighted by Gasteiger charge is -2.26. The van der Waals surface area contributed by atoms with Crippen LogP contribution in [0.2, 0.25) is 0 Å². The Labute approximate surface area is 139 Å². The van der Waals surface area contributed by atoms with Crippen molar-refractivity contribution in [3.63, 3.8) is 0 Å². The highest BCUT2D eigenvalue weighted by Crippen LogP contribution is 2.34. The van der Waals surface area contributed by atoms with Crippen molar-refractivity contribution in [3.8, 4) is 0 Å². The second kappa shape index (κ2) is 6.38. The standard InChI is InChI=1S/C16H23F3N4O/c1-11(2)23-14(16(17,18)19)13(9-20-23)15(24)22-8-4-7-21-6-3-5-12(21)10-22/h9,11-12H,3-8,10H2,1-2H3/t12-/m0/s1. The number of carbonyl (C=O) groups excluding carboxylic acids is 1. The Balaban J connectivity index is 1.89. The number of nitrogens with zero attached hydrogens (tertiary/aromatic N) is 4. The lowest BCUT2D eigenvalue weighted by Crippen LogP contribution is -2.40. The molecule has 2 aliphatic heterocycles. The Kier molecular flexibility index (Phi) is 4.59. The molecule has 0 bridgehead atoms. The van der Waals surface area contributed by atoms with E-state index >= 15 is 0 Å². The molecule has 0 aliphatic carbocycles. The number of rotatable bonds is 2. The maximum Gasteiger partial charge on any atom is 0.433 e. The molecular weight excluding hydrogens is 321 g/mol. The third kappa shape index (κ3) is 3.16. The third-order valence-electron chi connectivity index (χ3n) is 4.87. The topological polar surface area (TPSA) is 41.4 Å².